The molecule has 2 unspecified atom stereocenters. The minimum absolute atomic E-state index is 0.0507. The van der Waals surface area contributed by atoms with Crippen LogP contribution in [0.25, 0.3) is 0 Å². The molecule has 0 N–H and O–H groups in total. The van der Waals surface area contributed by atoms with Gasteiger partial charge in [0, 0.05) is 24.9 Å². The van der Waals surface area contributed by atoms with Gasteiger partial charge in [-0.3, -0.25) is 4.79 Å². The zero-order chi connectivity index (χ0) is 14.8. The van der Waals surface area contributed by atoms with E-state index in [1.807, 2.05) is 19.1 Å². The van der Waals surface area contributed by atoms with Gasteiger partial charge in [0.05, 0.1) is 4.90 Å². The van der Waals surface area contributed by atoms with Gasteiger partial charge in [-0.15, -0.1) is 0 Å². The van der Waals surface area contributed by atoms with Gasteiger partial charge in [-0.1, -0.05) is 24.1 Å². The zero-order valence-corrected chi connectivity index (χ0v) is 12.9. The first-order valence-electron chi connectivity index (χ1n) is 7.56. The third-order valence-corrected chi connectivity index (χ3v) is 7.64. The molecule has 4 fully saturated rings. The average Bonchev–Trinajstić information content (AvgIpc) is 2.44. The Morgan fingerprint density at radius 1 is 1.10 bits per heavy atom. The lowest BCUT2D eigenvalue weighted by Gasteiger charge is -2.64. The molecule has 4 nitrogen and oxygen atoms in total. The van der Waals surface area contributed by atoms with Crippen LogP contribution in [0.2, 0.25) is 0 Å². The highest BCUT2D eigenvalue weighted by Gasteiger charge is 2.67. The van der Waals surface area contributed by atoms with Gasteiger partial charge in [-0.2, -0.15) is 4.31 Å². The second kappa shape index (κ2) is 4.17. The molecule has 0 aromatic heterocycles. The van der Waals surface area contributed by atoms with Crippen molar-refractivity contribution in [2.75, 3.05) is 13.1 Å². The van der Waals surface area contributed by atoms with Crippen LogP contribution in [0.1, 0.15) is 24.8 Å². The number of ketones is 1. The number of nitrogens with zero attached hydrogens (tertiary/aromatic N) is 1. The van der Waals surface area contributed by atoms with Gasteiger partial charge in [-0.25, -0.2) is 8.42 Å². The lowest BCUT2D eigenvalue weighted by molar-refractivity contribution is -0.182. The molecule has 21 heavy (non-hydrogen) atoms. The van der Waals surface area contributed by atoms with Crippen LogP contribution in [-0.2, 0) is 14.8 Å². The maximum Gasteiger partial charge on any atom is 0.243 e. The van der Waals surface area contributed by atoms with Gasteiger partial charge in [0.25, 0.3) is 0 Å². The Labute approximate surface area is 125 Å². The highest BCUT2D eigenvalue weighted by molar-refractivity contribution is 7.89. The summed E-state index contributed by atoms with van der Waals surface area (Å²) >= 11 is 0. The maximum atomic E-state index is 12.7. The van der Waals surface area contributed by atoms with Crippen molar-refractivity contribution in [3.05, 3.63) is 29.8 Å². The molecular weight excluding hydrogens is 286 g/mol. The molecule has 2 saturated carbocycles. The number of Topliss-reactive ketones (excluding diaryl/α,β-unsaturated/α-hetero) is 1. The zero-order valence-electron chi connectivity index (χ0n) is 12.1. The van der Waals surface area contributed by atoms with Gasteiger partial charge in [0.2, 0.25) is 10.0 Å². The summed E-state index contributed by atoms with van der Waals surface area (Å²) in [4.78, 5) is 12.4. The summed E-state index contributed by atoms with van der Waals surface area (Å²) in [5, 5.41) is 0. The Hall–Kier alpha value is -1.20. The number of carbonyl (C=O) groups excluding carboxylic acids is 1. The van der Waals surface area contributed by atoms with E-state index < -0.39 is 10.0 Å². The highest BCUT2D eigenvalue weighted by Crippen LogP contribution is 2.64. The van der Waals surface area contributed by atoms with E-state index in [1.54, 1.807) is 12.1 Å². The first kappa shape index (κ1) is 13.5. The summed E-state index contributed by atoms with van der Waals surface area (Å²) in [6, 6.07) is 6.95. The predicted octanol–water partition coefficient (Wildman–Crippen LogP) is 1.98. The molecule has 0 radical (unpaired) electrons. The Morgan fingerprint density at radius 3 is 2.14 bits per heavy atom. The van der Waals surface area contributed by atoms with E-state index in [2.05, 4.69) is 0 Å². The lowest BCUT2D eigenvalue weighted by atomic mass is 9.42. The molecule has 0 amide bonds. The van der Waals surface area contributed by atoms with Crippen LogP contribution in [0.15, 0.2) is 29.2 Å². The van der Waals surface area contributed by atoms with Gasteiger partial charge in [0.15, 0.2) is 0 Å². The van der Waals surface area contributed by atoms with Crippen molar-refractivity contribution in [3.63, 3.8) is 0 Å². The van der Waals surface area contributed by atoms with Gasteiger partial charge < -0.3 is 0 Å². The summed E-state index contributed by atoms with van der Waals surface area (Å²) in [6.07, 6.45) is 3.39. The molecule has 1 aromatic carbocycles. The molecule has 2 saturated heterocycles. The summed E-state index contributed by atoms with van der Waals surface area (Å²) in [5.74, 6) is 0.195. The molecule has 1 aromatic rings. The van der Waals surface area contributed by atoms with Crippen molar-refractivity contribution in [1.29, 1.82) is 0 Å². The normalized spacial score (nSPS) is 30.8. The van der Waals surface area contributed by atoms with Crippen molar-refractivity contribution < 1.29 is 13.2 Å². The van der Waals surface area contributed by atoms with Crippen LogP contribution in [0, 0.1) is 24.2 Å². The molecular formula is C16H19NO3S. The number of sulfonamides is 1. The number of fused-ring (bicyclic) bond motifs is 2. The molecule has 2 bridgehead atoms. The monoisotopic (exact) mass is 305 g/mol. The van der Waals surface area contributed by atoms with Crippen LogP contribution in [-0.4, -0.2) is 31.6 Å². The van der Waals surface area contributed by atoms with Gasteiger partial charge in [0.1, 0.15) is 5.78 Å². The molecule has 5 heteroatoms. The highest BCUT2D eigenvalue weighted by atomic mass is 32.2. The lowest BCUT2D eigenvalue weighted by Crippen LogP contribution is -2.71. The second-order valence-electron chi connectivity index (χ2n) is 6.73. The molecule has 2 aliphatic heterocycles. The van der Waals surface area contributed by atoms with E-state index in [9.17, 15) is 13.2 Å². The molecule has 2 atom stereocenters. The SMILES string of the molecule is Cc1ccc(S(=O)(=O)N2CC3C(=O)C(C2)C32CCC2)cc1. The second-order valence-corrected chi connectivity index (χ2v) is 8.67. The number of aryl methyl sites for hydroxylation is 1. The van der Waals surface area contributed by atoms with E-state index in [0.29, 0.717) is 23.8 Å². The van der Waals surface area contributed by atoms with Gasteiger partial charge in [-0.05, 0) is 37.3 Å². The fourth-order valence-corrected chi connectivity index (χ4v) is 5.79. The molecule has 2 aliphatic carbocycles. The van der Waals surface area contributed by atoms with E-state index in [0.717, 1.165) is 18.4 Å². The Bertz CT molecular complexity index is 686. The summed E-state index contributed by atoms with van der Waals surface area (Å²) in [6.45, 7) is 2.70. The van der Waals surface area contributed by atoms with E-state index >= 15 is 0 Å². The fourth-order valence-electron chi connectivity index (χ4n) is 4.32. The Kier molecular flexibility index (Phi) is 2.67. The standard InChI is InChI=1S/C16H19NO3S/c1-11-3-5-12(6-4-11)21(19,20)17-9-13-15(18)14(10-17)16(13)7-2-8-16/h3-6,13-14H,2,7-10H2,1H3. The molecule has 1 spiro atoms. The first-order valence-corrected chi connectivity index (χ1v) is 9.00. The van der Waals surface area contributed by atoms with Crippen LogP contribution in [0.5, 0.6) is 0 Å². The van der Waals surface area contributed by atoms with E-state index in [4.69, 9.17) is 0 Å². The largest absolute Gasteiger partial charge is 0.299 e. The third kappa shape index (κ3) is 1.64. The molecule has 4 aliphatic rings. The van der Waals surface area contributed by atoms with Crippen LogP contribution in [0.3, 0.4) is 0 Å². The van der Waals surface area contributed by atoms with Gasteiger partial charge >= 0.3 is 0 Å². The van der Waals surface area contributed by atoms with Crippen molar-refractivity contribution >= 4 is 15.8 Å². The maximum absolute atomic E-state index is 12.7. The first-order chi connectivity index (χ1) is 9.95. The third-order valence-electron chi connectivity index (χ3n) is 5.79. The Balaban J connectivity index is 1.61. The topological polar surface area (TPSA) is 54.5 Å². The Morgan fingerprint density at radius 2 is 1.67 bits per heavy atom. The number of piperidine rings is 2. The van der Waals surface area contributed by atoms with Crippen molar-refractivity contribution in [3.8, 4) is 0 Å². The quantitative estimate of drug-likeness (QED) is 0.839. The minimum Gasteiger partial charge on any atom is -0.299 e. The van der Waals surface area contributed by atoms with Crippen molar-refractivity contribution in [2.45, 2.75) is 31.1 Å². The number of benzene rings is 1. The smallest absolute Gasteiger partial charge is 0.243 e. The number of rotatable bonds is 2. The van der Waals surface area contributed by atoms with Crippen LogP contribution in [0.4, 0.5) is 0 Å². The number of hydrogen-bond donors (Lipinski definition) is 0. The molecule has 5 rings (SSSR count). The summed E-state index contributed by atoms with van der Waals surface area (Å²) in [7, 11) is -3.46. The van der Waals surface area contributed by atoms with Crippen molar-refractivity contribution in [2.24, 2.45) is 17.3 Å². The number of carbonyl (C=O) groups is 1. The minimum atomic E-state index is -3.46. The summed E-state index contributed by atoms with van der Waals surface area (Å²) in [5.41, 5.74) is 1.20. The number of hydrogen-bond acceptors (Lipinski definition) is 3. The predicted molar refractivity (Wildman–Crippen MR) is 78.2 cm³/mol. The summed E-state index contributed by atoms with van der Waals surface area (Å²) < 4.78 is 26.9. The van der Waals surface area contributed by atoms with Crippen molar-refractivity contribution in [1.82, 2.24) is 4.31 Å². The molecule has 2 heterocycles. The average molecular weight is 305 g/mol. The van der Waals surface area contributed by atoms with E-state index in [-0.39, 0.29) is 17.3 Å². The van der Waals surface area contributed by atoms with Crippen LogP contribution >= 0.6 is 0 Å². The fraction of sp³-hybridized carbons (Fsp3) is 0.562. The molecule has 112 valence electrons. The van der Waals surface area contributed by atoms with Crippen LogP contribution < -0.4 is 0 Å². The van der Waals surface area contributed by atoms with E-state index in [1.165, 1.54) is 10.7 Å².